The summed E-state index contributed by atoms with van der Waals surface area (Å²) in [5.41, 5.74) is 6.47. The Morgan fingerprint density at radius 1 is 0.923 bits per heavy atom. The molecule has 0 saturated carbocycles. The van der Waals surface area contributed by atoms with Gasteiger partial charge in [-0.3, -0.25) is 25.2 Å². The summed E-state index contributed by atoms with van der Waals surface area (Å²) >= 11 is 0. The summed E-state index contributed by atoms with van der Waals surface area (Å²) in [5.74, 6) is -0.446. The molecule has 136 valence electrons. The Balaban J connectivity index is 1.79. The highest BCUT2D eigenvalue weighted by Crippen LogP contribution is 2.15. The summed E-state index contributed by atoms with van der Waals surface area (Å²) in [4.78, 5) is 35.1. The van der Waals surface area contributed by atoms with Crippen molar-refractivity contribution in [3.63, 3.8) is 0 Å². The number of ether oxygens (including phenoxy) is 1. The van der Waals surface area contributed by atoms with Crippen molar-refractivity contribution in [3.05, 3.63) is 59.7 Å². The molecule has 2 rings (SSSR count). The van der Waals surface area contributed by atoms with Crippen LogP contribution in [-0.4, -0.2) is 24.3 Å². The summed E-state index contributed by atoms with van der Waals surface area (Å²) in [5, 5.41) is 2.69. The maximum absolute atomic E-state index is 12.0. The predicted octanol–water partition coefficient (Wildman–Crippen LogP) is 2.18. The lowest BCUT2D eigenvalue weighted by Gasteiger charge is -2.10. The maximum atomic E-state index is 12.0. The molecule has 0 heterocycles. The zero-order valence-corrected chi connectivity index (χ0v) is 14.7. The molecule has 0 saturated heterocycles. The van der Waals surface area contributed by atoms with Gasteiger partial charge in [-0.1, -0.05) is 25.1 Å². The van der Waals surface area contributed by atoms with Crippen LogP contribution in [0.3, 0.4) is 0 Å². The third-order valence-electron chi connectivity index (χ3n) is 3.52. The third kappa shape index (κ3) is 5.62. The second kappa shape index (κ2) is 9.22. The van der Waals surface area contributed by atoms with E-state index >= 15 is 0 Å². The van der Waals surface area contributed by atoms with E-state index in [1.165, 1.54) is 0 Å². The van der Waals surface area contributed by atoms with E-state index in [9.17, 15) is 14.4 Å². The van der Waals surface area contributed by atoms with Crippen molar-refractivity contribution in [2.24, 2.45) is 0 Å². The lowest BCUT2D eigenvalue weighted by Crippen LogP contribution is -2.43. The molecular weight excluding hydrogens is 334 g/mol. The van der Waals surface area contributed by atoms with Gasteiger partial charge in [-0.2, -0.15) is 0 Å². The van der Waals surface area contributed by atoms with Gasteiger partial charge in [0.1, 0.15) is 5.75 Å². The Bertz CT molecular complexity index is 788. The van der Waals surface area contributed by atoms with E-state index in [0.717, 1.165) is 5.56 Å². The van der Waals surface area contributed by atoms with Gasteiger partial charge in [0, 0.05) is 17.7 Å². The molecule has 7 heteroatoms. The number of aryl methyl sites for hydroxylation is 1. The van der Waals surface area contributed by atoms with Crippen LogP contribution < -0.4 is 20.9 Å². The number of anilines is 1. The van der Waals surface area contributed by atoms with Gasteiger partial charge in [0.05, 0.1) is 0 Å². The minimum absolute atomic E-state index is 0.108. The number of carbonyl (C=O) groups is 3. The molecule has 2 aromatic carbocycles. The monoisotopic (exact) mass is 355 g/mol. The van der Waals surface area contributed by atoms with Gasteiger partial charge in [-0.15, -0.1) is 0 Å². The van der Waals surface area contributed by atoms with E-state index in [-0.39, 0.29) is 12.5 Å². The van der Waals surface area contributed by atoms with Crippen molar-refractivity contribution in [2.75, 3.05) is 11.9 Å². The summed E-state index contributed by atoms with van der Waals surface area (Å²) in [6, 6.07) is 13.7. The lowest BCUT2D eigenvalue weighted by atomic mass is 10.2. The lowest BCUT2D eigenvalue weighted by molar-refractivity contribution is -0.123. The highest BCUT2D eigenvalue weighted by atomic mass is 16.5. The van der Waals surface area contributed by atoms with Crippen molar-refractivity contribution in [1.82, 2.24) is 10.9 Å². The van der Waals surface area contributed by atoms with Crippen molar-refractivity contribution < 1.29 is 19.1 Å². The average molecular weight is 355 g/mol. The van der Waals surface area contributed by atoms with Gasteiger partial charge in [-0.25, -0.2) is 0 Å². The van der Waals surface area contributed by atoms with Gasteiger partial charge in [0.2, 0.25) is 5.91 Å². The summed E-state index contributed by atoms with van der Waals surface area (Å²) in [6.45, 7) is 3.41. The standard InChI is InChI=1S/C19H21N3O4/c1-3-17(23)20-15-10-8-14(9-11-15)19(25)22-21-18(24)12-26-16-7-5-4-6-13(16)2/h4-11H,3,12H2,1-2H3,(H,20,23)(H,21,24)(H,22,25). The Morgan fingerprint density at radius 3 is 2.27 bits per heavy atom. The number of amides is 3. The Kier molecular flexibility index (Phi) is 6.73. The molecule has 0 spiro atoms. The van der Waals surface area contributed by atoms with E-state index in [0.29, 0.717) is 23.4 Å². The Hall–Kier alpha value is -3.35. The van der Waals surface area contributed by atoms with Crippen molar-refractivity contribution >= 4 is 23.4 Å². The van der Waals surface area contributed by atoms with Crippen LogP contribution in [0.25, 0.3) is 0 Å². The normalized spacial score (nSPS) is 9.92. The highest BCUT2D eigenvalue weighted by molar-refractivity contribution is 5.96. The van der Waals surface area contributed by atoms with Crippen LogP contribution in [-0.2, 0) is 9.59 Å². The topological polar surface area (TPSA) is 96.5 Å². The number of carbonyl (C=O) groups excluding carboxylic acids is 3. The van der Waals surface area contributed by atoms with Crippen LogP contribution in [0.2, 0.25) is 0 Å². The fraction of sp³-hybridized carbons (Fsp3) is 0.211. The van der Waals surface area contributed by atoms with E-state index < -0.39 is 11.8 Å². The molecule has 2 aromatic rings. The Morgan fingerprint density at radius 2 is 1.62 bits per heavy atom. The first kappa shape index (κ1) is 19.0. The van der Waals surface area contributed by atoms with Gasteiger partial charge >= 0.3 is 0 Å². The summed E-state index contributed by atoms with van der Waals surface area (Å²) in [7, 11) is 0. The minimum atomic E-state index is -0.478. The van der Waals surface area contributed by atoms with Crippen LogP contribution in [0.5, 0.6) is 5.75 Å². The van der Waals surface area contributed by atoms with E-state index in [2.05, 4.69) is 16.2 Å². The number of hydrogen-bond acceptors (Lipinski definition) is 4. The molecule has 0 bridgehead atoms. The van der Waals surface area contributed by atoms with Gasteiger partial charge in [0.25, 0.3) is 11.8 Å². The SMILES string of the molecule is CCC(=O)Nc1ccc(C(=O)NNC(=O)COc2ccccc2C)cc1. The van der Waals surface area contributed by atoms with E-state index in [1.54, 1.807) is 37.3 Å². The highest BCUT2D eigenvalue weighted by Gasteiger charge is 2.09. The van der Waals surface area contributed by atoms with Crippen LogP contribution in [0.15, 0.2) is 48.5 Å². The molecule has 0 atom stereocenters. The number of hydrogen-bond donors (Lipinski definition) is 3. The molecule has 0 aliphatic rings. The number of hydrazine groups is 1. The number of nitrogens with one attached hydrogen (secondary N) is 3. The smallest absolute Gasteiger partial charge is 0.276 e. The number of rotatable bonds is 6. The fourth-order valence-electron chi connectivity index (χ4n) is 2.05. The van der Waals surface area contributed by atoms with Crippen molar-refractivity contribution in [2.45, 2.75) is 20.3 Å². The molecular formula is C19H21N3O4. The predicted molar refractivity (Wildman–Crippen MR) is 97.6 cm³/mol. The van der Waals surface area contributed by atoms with Gasteiger partial charge in [-0.05, 0) is 42.8 Å². The van der Waals surface area contributed by atoms with Crippen LogP contribution in [0.4, 0.5) is 5.69 Å². The largest absolute Gasteiger partial charge is 0.483 e. The van der Waals surface area contributed by atoms with Crippen LogP contribution in [0, 0.1) is 6.92 Å². The minimum Gasteiger partial charge on any atom is -0.483 e. The van der Waals surface area contributed by atoms with Crippen molar-refractivity contribution in [1.29, 1.82) is 0 Å². The third-order valence-corrected chi connectivity index (χ3v) is 3.52. The maximum Gasteiger partial charge on any atom is 0.276 e. The molecule has 3 N–H and O–H groups in total. The van der Waals surface area contributed by atoms with Crippen LogP contribution in [0.1, 0.15) is 29.3 Å². The molecule has 3 amide bonds. The molecule has 26 heavy (non-hydrogen) atoms. The molecule has 0 aliphatic heterocycles. The first-order valence-electron chi connectivity index (χ1n) is 8.17. The first-order chi connectivity index (χ1) is 12.5. The first-order valence-corrected chi connectivity index (χ1v) is 8.17. The molecule has 0 aliphatic carbocycles. The van der Waals surface area contributed by atoms with Crippen molar-refractivity contribution in [3.8, 4) is 5.75 Å². The molecule has 0 unspecified atom stereocenters. The molecule has 0 fully saturated rings. The molecule has 0 aromatic heterocycles. The van der Waals surface area contributed by atoms with E-state index in [1.807, 2.05) is 25.1 Å². The summed E-state index contributed by atoms with van der Waals surface area (Å²) in [6.07, 6.45) is 0.374. The molecule has 0 radical (unpaired) electrons. The second-order valence-electron chi connectivity index (χ2n) is 5.54. The Labute approximate surface area is 151 Å². The number of benzene rings is 2. The zero-order valence-electron chi connectivity index (χ0n) is 14.7. The quantitative estimate of drug-likeness (QED) is 0.692. The number of para-hydroxylation sites is 1. The van der Waals surface area contributed by atoms with Gasteiger partial charge < -0.3 is 10.1 Å². The average Bonchev–Trinajstić information content (AvgIpc) is 2.66. The summed E-state index contributed by atoms with van der Waals surface area (Å²) < 4.78 is 5.40. The van der Waals surface area contributed by atoms with E-state index in [4.69, 9.17) is 4.74 Å². The fourth-order valence-corrected chi connectivity index (χ4v) is 2.05. The molecule has 7 nitrogen and oxygen atoms in total. The second-order valence-corrected chi connectivity index (χ2v) is 5.54. The van der Waals surface area contributed by atoms with Gasteiger partial charge in [0.15, 0.2) is 6.61 Å². The zero-order chi connectivity index (χ0) is 18.9. The van der Waals surface area contributed by atoms with Crippen LogP contribution >= 0.6 is 0 Å².